The molecular weight excluding hydrogens is 1920 g/mol. The number of phenolic OH excluding ortho intramolecular Hbond substituents is 1. The molecule has 118 heavy (non-hydrogen) atoms. The van der Waals surface area contributed by atoms with Crippen LogP contribution in [-0.2, 0) is 135 Å². The molecule has 0 heterocycles. The molecule has 0 aliphatic rings. The molecule has 0 fully saturated rings. The second kappa shape index (κ2) is 54.5. The Bertz CT molecular complexity index is 5820. The van der Waals surface area contributed by atoms with Crippen LogP contribution in [0, 0.1) is 0 Å². The monoisotopic (exact) mass is 1960 g/mol. The molecule has 0 aromatic heterocycles. The van der Waals surface area contributed by atoms with E-state index in [0.29, 0.717) is 12.1 Å². The van der Waals surface area contributed by atoms with Gasteiger partial charge in [-0.25, -0.2) is 75.8 Å². The fraction of sp³-hybridized carbons (Fsp3) is 0.184. The number of sulfone groups is 4. The molecule has 0 atom stereocenters. The van der Waals surface area contributed by atoms with Crippen molar-refractivity contribution < 1.29 is 405 Å². The fourth-order valence-electron chi connectivity index (χ4n) is 8.24. The maximum absolute atomic E-state index is 12.8. The van der Waals surface area contributed by atoms with Crippen LogP contribution in [0.1, 0.15) is 0 Å². The van der Waals surface area contributed by atoms with E-state index in [-0.39, 0.29) is 323 Å². The van der Waals surface area contributed by atoms with E-state index in [1.165, 1.54) is 12.1 Å². The zero-order valence-electron chi connectivity index (χ0n) is 61.7. The average molecular weight is 1960 g/mol. The molecule has 7 N–H and O–H groups in total. The summed E-state index contributed by atoms with van der Waals surface area (Å²) in [4.78, 5) is -5.38. The minimum absolute atomic E-state index is 0. The zero-order valence-corrected chi connectivity index (χ0v) is 87.5. The number of nitrogens with zero attached hydrogens (tertiary/aromatic N) is 8. The number of fused-ring (bicyclic) bond motifs is 1. The molecule has 602 valence electrons. The van der Waals surface area contributed by atoms with Gasteiger partial charge in [0.25, 0.3) is 0 Å². The van der Waals surface area contributed by atoms with Crippen LogP contribution in [0.25, 0.3) is 10.8 Å². The average Bonchev–Trinajstić information content (AvgIpc) is 0.746. The predicted octanol–water partition coefficient (Wildman–Crippen LogP) is -21.7. The first-order valence-electron chi connectivity index (χ1n) is 27.8. The summed E-state index contributed by atoms with van der Waals surface area (Å²) in [5, 5.41) is 80.5. The smallest absolute Gasteiger partial charge is 0.744 e. The zero-order chi connectivity index (χ0) is 82.0. The quantitative estimate of drug-likeness (QED) is 0.00320. The number of rotatable bonds is 39. The number of phenols is 1. The van der Waals surface area contributed by atoms with Crippen LogP contribution in [0.15, 0.2) is 183 Å². The van der Waals surface area contributed by atoms with Crippen molar-refractivity contribution in [1.29, 1.82) is 0 Å². The Hall–Kier alpha value is 0.0800. The number of aromatic hydroxyl groups is 1. The Labute approximate surface area is 860 Å². The fourth-order valence-corrected chi connectivity index (χ4v) is 16.5. The molecule has 0 spiro atoms. The van der Waals surface area contributed by atoms with Gasteiger partial charge >= 0.3 is 236 Å². The molecule has 7 aromatic rings. The number of ether oxygens (including phenoxy) is 1. The number of azo groups is 4. The van der Waals surface area contributed by atoms with Crippen LogP contribution >= 0.6 is 36.7 Å². The largest absolute Gasteiger partial charge is 1.00 e. The van der Waals surface area contributed by atoms with Gasteiger partial charge in [0.2, 0.25) is 20.8 Å². The van der Waals surface area contributed by atoms with Gasteiger partial charge in [-0.15, -0.1) is 39.4 Å². The van der Waals surface area contributed by atoms with Gasteiger partial charge in [0.05, 0.1) is 142 Å². The van der Waals surface area contributed by atoms with Crippen molar-refractivity contribution in [3.05, 3.63) is 103 Å². The number of hydrogen-bond acceptors (Lipinski definition) is 52. The Morgan fingerprint density at radius 1 is 0.381 bits per heavy atom. The Kier molecular flexibility index (Phi) is 56.5. The first-order chi connectivity index (χ1) is 51.2. The maximum atomic E-state index is 12.8. The molecule has 49 nitrogen and oxygen atoms in total. The summed E-state index contributed by atoms with van der Waals surface area (Å²) in [6.07, 6.45) is 0. The van der Waals surface area contributed by atoms with Crippen LogP contribution in [-0.4, -0.2) is 160 Å². The second-order valence-corrected chi connectivity index (χ2v) is 36.3. The second-order valence-electron chi connectivity index (χ2n) is 20.0. The third-order valence-electron chi connectivity index (χ3n) is 13.1. The molecule has 7 rings (SSSR count). The maximum Gasteiger partial charge on any atom is 1.00 e. The summed E-state index contributed by atoms with van der Waals surface area (Å²) in [5.74, 6) is -4.15. The molecule has 0 amide bonds. The summed E-state index contributed by atoms with van der Waals surface area (Å²) in [6, 6.07) is 16.4. The standard InChI is InChI=1S/C27H27N5O20S6.C22H24N6O18S6.8Na/c1-46-20-7-6-18(56(38,39)11-9-48-58(43,44)45)14-19(20)30-32-26-22(57(40,41)42)13-15-12-21(53-51-49-34)25(27(33)23(15)24(26)28)31-29-16-2-4-17(5-3-16)55(36,37)10-8-47-54-52-50-35;23-20-17(27-26-16-6-5-15(11-18(16)50(34,35)36)49(32,33)9-7-43-47-46-45-29)12-19(51(37,38)39)21(24)22(20)28-25-13-1-3-14(4-2-13)48(30,31)10-8-44-52(40,41)42;;;;;;;;/h2-7,12-14,33-35H,8-11,28H2,1H3,(H,40,41,42)(H,43,44,45);1-6,11-12,29H,7-10,23-24H2,(H,34,35,36)(H,37,38,39)(H,40,41,42);;;;;;;;/q;;8*+1/p-8. The normalized spacial score (nSPS) is 12.2. The van der Waals surface area contributed by atoms with Crippen molar-refractivity contribution in [3.8, 4) is 11.5 Å². The third kappa shape index (κ3) is 37.6. The van der Waals surface area contributed by atoms with Gasteiger partial charge in [-0.2, -0.15) is 14.6 Å². The van der Waals surface area contributed by atoms with Gasteiger partial charge in [-0.3, -0.25) is 31.8 Å². The van der Waals surface area contributed by atoms with E-state index in [4.69, 9.17) is 26.1 Å². The molecule has 0 aliphatic carbocycles. The van der Waals surface area contributed by atoms with Crippen LogP contribution in [0.2, 0.25) is 0 Å². The Morgan fingerprint density at radius 3 is 1.20 bits per heavy atom. The third-order valence-corrected chi connectivity index (χ3v) is 24.7. The molecule has 0 unspecified atom stereocenters. The van der Waals surface area contributed by atoms with Gasteiger partial charge < -0.3 is 65.6 Å². The molecule has 0 bridgehead atoms. The predicted molar refractivity (Wildman–Crippen MR) is 357 cm³/mol. The van der Waals surface area contributed by atoms with Crippen molar-refractivity contribution in [2.45, 2.75) is 39.2 Å². The number of nitrogens with two attached hydrogens (primary N) is 3. The van der Waals surface area contributed by atoms with Crippen LogP contribution < -0.4 is 274 Å². The minimum atomic E-state index is -5.46. The molecule has 0 saturated heterocycles. The van der Waals surface area contributed by atoms with Gasteiger partial charge in [0.15, 0.2) is 69.7 Å². The number of benzene rings is 7. The van der Waals surface area contributed by atoms with Crippen molar-refractivity contribution in [3.63, 3.8) is 0 Å². The Balaban J connectivity index is -0.00000211. The first kappa shape index (κ1) is 122. The van der Waals surface area contributed by atoms with Crippen molar-refractivity contribution >= 4 is 201 Å². The molecule has 0 saturated carbocycles. The summed E-state index contributed by atoms with van der Waals surface area (Å²) in [6.45, 7) is -2.94. The van der Waals surface area contributed by atoms with E-state index in [0.717, 1.165) is 86.0 Å². The Morgan fingerprint density at radius 2 is 0.771 bits per heavy atom. The van der Waals surface area contributed by atoms with Crippen molar-refractivity contribution in [1.82, 2.24) is 0 Å². The topological polar surface area (TPSA) is 790 Å². The summed E-state index contributed by atoms with van der Waals surface area (Å²) < 4.78 is 308. The summed E-state index contributed by atoms with van der Waals surface area (Å²) >= 11 is 0.306. The first-order valence-corrected chi connectivity index (χ1v) is 43.4. The van der Waals surface area contributed by atoms with Gasteiger partial charge in [0.1, 0.15) is 70.2 Å². The van der Waals surface area contributed by atoms with Gasteiger partial charge in [-0.05, 0) is 109 Å². The van der Waals surface area contributed by atoms with E-state index in [9.17, 15) is 119 Å². The van der Waals surface area contributed by atoms with Crippen molar-refractivity contribution in [2.24, 2.45) is 40.9 Å². The van der Waals surface area contributed by atoms with E-state index < -0.39 is 214 Å². The number of anilines is 3. The van der Waals surface area contributed by atoms with E-state index in [2.05, 4.69) is 81.6 Å². The number of methoxy groups -OCH3 is 1. The van der Waals surface area contributed by atoms with Crippen LogP contribution in [0.4, 0.5) is 62.6 Å². The van der Waals surface area contributed by atoms with Gasteiger partial charge in [0, 0.05) is 0 Å². The van der Waals surface area contributed by atoms with Gasteiger partial charge in [-0.1, -0.05) is 0 Å². The molecule has 0 aliphatic heterocycles. The van der Waals surface area contributed by atoms with E-state index in [1.807, 2.05) is 0 Å². The number of hydrogen-bond donors (Lipinski definition) is 4. The van der Waals surface area contributed by atoms with Crippen LogP contribution in [0.5, 0.6) is 11.5 Å². The SMILES string of the molecule is COc1ccc(S(=O)(=O)CCOS(=O)(=O)[O-])cc1N=Nc1c(S(=O)(=O)[O-])cc2cc(SOO[O-])c(N=Nc3ccc(S(=O)(=O)CCOSOO[O-])cc3)c(O)c2c1N.Nc1c(N=Nc2ccc(S(=O)(=O)CCOSOO[O-])cc2S(=O)(=O)[O-])cc(S(=O)(=O)[O-])c(N)c1N=Nc1ccc(S(=O)(=O)CCOS(=O)(=O)[O-])cc1.[Na+].[Na+].[Na+].[Na+].[Na+].[Na+].[Na+].[Na+]. The van der Waals surface area contributed by atoms with Crippen LogP contribution in [0.3, 0.4) is 0 Å². The summed E-state index contributed by atoms with van der Waals surface area (Å²) in [7, 11) is -42.2. The van der Waals surface area contributed by atoms with E-state index in [1.54, 1.807) is 0 Å². The van der Waals surface area contributed by atoms with Crippen molar-refractivity contribution in [2.75, 3.05) is 73.7 Å². The molecule has 69 heteroatoms. The molecular formula is C49H43N11Na8O38S12. The molecule has 0 radical (unpaired) electrons. The molecule has 7 aromatic carbocycles. The minimum Gasteiger partial charge on any atom is -0.744 e. The summed E-state index contributed by atoms with van der Waals surface area (Å²) in [5.41, 5.74) is 12.1. The number of nitrogen functional groups attached to an aromatic ring is 3. The van der Waals surface area contributed by atoms with E-state index >= 15 is 0 Å².